The molecule has 2 fully saturated rings. The van der Waals surface area contributed by atoms with E-state index < -0.39 is 11.7 Å². The van der Waals surface area contributed by atoms with Crippen molar-refractivity contribution in [2.24, 2.45) is 0 Å². The topological polar surface area (TPSA) is 72.8 Å². The Morgan fingerprint density at radius 3 is 2.60 bits per heavy atom. The van der Waals surface area contributed by atoms with E-state index in [0.717, 1.165) is 18.4 Å². The third-order valence-corrected chi connectivity index (χ3v) is 5.65. The normalized spacial score (nSPS) is 27.6. The molecule has 6 heteroatoms. The Labute approximate surface area is 154 Å². The molecule has 25 heavy (non-hydrogen) atoms. The Hall–Kier alpha value is -1.14. The van der Waals surface area contributed by atoms with Gasteiger partial charge >= 0.3 is 0 Å². The summed E-state index contributed by atoms with van der Waals surface area (Å²) < 4.78 is 0. The van der Waals surface area contributed by atoms with E-state index in [1.165, 1.54) is 19.3 Å². The predicted octanol–water partition coefficient (Wildman–Crippen LogP) is 1.74. The summed E-state index contributed by atoms with van der Waals surface area (Å²) in [5, 5.41) is 25.1. The summed E-state index contributed by atoms with van der Waals surface area (Å²) >= 11 is 5.86. The fourth-order valence-corrected chi connectivity index (χ4v) is 3.89. The summed E-state index contributed by atoms with van der Waals surface area (Å²) in [6.07, 6.45) is 5.26. The van der Waals surface area contributed by atoms with Gasteiger partial charge in [0.15, 0.2) is 0 Å². The van der Waals surface area contributed by atoms with Crippen LogP contribution < -0.4 is 5.32 Å². The van der Waals surface area contributed by atoms with Crippen LogP contribution in [0.4, 0.5) is 0 Å². The Bertz CT molecular complexity index is 589. The van der Waals surface area contributed by atoms with Crippen LogP contribution in [0.1, 0.15) is 37.7 Å². The summed E-state index contributed by atoms with van der Waals surface area (Å²) in [7, 11) is 0. The van der Waals surface area contributed by atoms with E-state index in [1.807, 2.05) is 12.1 Å². The fourth-order valence-electron chi connectivity index (χ4n) is 3.76. The molecule has 0 unspecified atom stereocenters. The molecule has 1 saturated carbocycles. The van der Waals surface area contributed by atoms with E-state index in [-0.39, 0.29) is 25.4 Å². The van der Waals surface area contributed by atoms with Crippen molar-refractivity contribution in [2.75, 3.05) is 19.6 Å². The SMILES string of the molecule is O=C(Cc1ccc(Cl)cc1)N1C[C@@H](O)[C@](O)(CNC2CCCCC2)C1. The van der Waals surface area contributed by atoms with Gasteiger partial charge in [0.2, 0.25) is 5.91 Å². The van der Waals surface area contributed by atoms with Crippen molar-refractivity contribution >= 4 is 17.5 Å². The van der Waals surface area contributed by atoms with E-state index in [2.05, 4.69) is 5.32 Å². The average molecular weight is 367 g/mol. The highest BCUT2D eigenvalue weighted by Crippen LogP contribution is 2.24. The summed E-state index contributed by atoms with van der Waals surface area (Å²) in [6, 6.07) is 7.57. The van der Waals surface area contributed by atoms with Crippen LogP contribution in [-0.4, -0.2) is 58.4 Å². The van der Waals surface area contributed by atoms with Gasteiger partial charge in [-0.2, -0.15) is 0 Å². The number of rotatable bonds is 5. The van der Waals surface area contributed by atoms with Crippen molar-refractivity contribution < 1.29 is 15.0 Å². The zero-order valence-corrected chi connectivity index (χ0v) is 15.2. The first-order valence-corrected chi connectivity index (χ1v) is 9.50. The molecule has 0 spiro atoms. The lowest BCUT2D eigenvalue weighted by Crippen LogP contribution is -2.52. The minimum Gasteiger partial charge on any atom is -0.388 e. The molecule has 138 valence electrons. The third-order valence-electron chi connectivity index (χ3n) is 5.40. The molecule has 1 saturated heterocycles. The van der Waals surface area contributed by atoms with Crippen molar-refractivity contribution in [3.63, 3.8) is 0 Å². The first-order chi connectivity index (χ1) is 12.0. The second-order valence-electron chi connectivity index (χ2n) is 7.41. The number of amides is 1. The smallest absolute Gasteiger partial charge is 0.227 e. The zero-order chi connectivity index (χ0) is 17.9. The maximum absolute atomic E-state index is 12.5. The van der Waals surface area contributed by atoms with Crippen LogP contribution in [0.2, 0.25) is 5.02 Å². The summed E-state index contributed by atoms with van der Waals surface area (Å²) in [5.41, 5.74) is -0.396. The molecule has 1 aliphatic carbocycles. The third kappa shape index (κ3) is 4.73. The van der Waals surface area contributed by atoms with Gasteiger partial charge in [-0.1, -0.05) is 43.0 Å². The Kier molecular flexibility index (Phi) is 6.00. The lowest BCUT2D eigenvalue weighted by Gasteiger charge is -2.30. The molecule has 1 heterocycles. The van der Waals surface area contributed by atoms with Crippen LogP contribution in [-0.2, 0) is 11.2 Å². The Morgan fingerprint density at radius 2 is 1.92 bits per heavy atom. The average Bonchev–Trinajstić information content (AvgIpc) is 2.92. The van der Waals surface area contributed by atoms with Gasteiger partial charge in [0, 0.05) is 24.2 Å². The van der Waals surface area contributed by atoms with Crippen LogP contribution >= 0.6 is 11.6 Å². The molecule has 3 rings (SSSR count). The second kappa shape index (κ2) is 8.04. The zero-order valence-electron chi connectivity index (χ0n) is 14.5. The van der Waals surface area contributed by atoms with Crippen LogP contribution in [0, 0.1) is 0 Å². The van der Waals surface area contributed by atoms with E-state index in [4.69, 9.17) is 11.6 Å². The number of hydrogen-bond donors (Lipinski definition) is 3. The van der Waals surface area contributed by atoms with Crippen molar-refractivity contribution in [1.29, 1.82) is 0 Å². The Morgan fingerprint density at radius 1 is 1.24 bits per heavy atom. The van der Waals surface area contributed by atoms with E-state index in [0.29, 0.717) is 17.6 Å². The molecule has 5 nitrogen and oxygen atoms in total. The highest BCUT2D eigenvalue weighted by atomic mass is 35.5. The van der Waals surface area contributed by atoms with Gasteiger partial charge in [0.05, 0.1) is 13.0 Å². The van der Waals surface area contributed by atoms with Crippen LogP contribution in [0.5, 0.6) is 0 Å². The second-order valence-corrected chi connectivity index (χ2v) is 7.85. The Balaban J connectivity index is 1.53. The van der Waals surface area contributed by atoms with Crippen molar-refractivity contribution in [2.45, 2.75) is 56.3 Å². The molecule has 0 aromatic heterocycles. The lowest BCUT2D eigenvalue weighted by molar-refractivity contribution is -0.130. The number of halogens is 1. The van der Waals surface area contributed by atoms with Gasteiger partial charge < -0.3 is 20.4 Å². The number of aliphatic hydroxyl groups is 2. The van der Waals surface area contributed by atoms with E-state index in [1.54, 1.807) is 17.0 Å². The summed E-state index contributed by atoms with van der Waals surface area (Å²) in [4.78, 5) is 14.0. The maximum Gasteiger partial charge on any atom is 0.227 e. The molecule has 1 aliphatic heterocycles. The van der Waals surface area contributed by atoms with Crippen LogP contribution in [0.25, 0.3) is 0 Å². The molecule has 1 aromatic carbocycles. The highest BCUT2D eigenvalue weighted by molar-refractivity contribution is 6.30. The highest BCUT2D eigenvalue weighted by Gasteiger charge is 2.46. The number of hydrogen-bond acceptors (Lipinski definition) is 4. The van der Waals surface area contributed by atoms with Gasteiger partial charge in [-0.15, -0.1) is 0 Å². The van der Waals surface area contributed by atoms with Gasteiger partial charge in [-0.25, -0.2) is 0 Å². The first-order valence-electron chi connectivity index (χ1n) is 9.12. The van der Waals surface area contributed by atoms with Crippen LogP contribution in [0.3, 0.4) is 0 Å². The number of nitrogens with zero attached hydrogens (tertiary/aromatic N) is 1. The molecule has 3 N–H and O–H groups in total. The molecule has 0 radical (unpaired) electrons. The predicted molar refractivity (Wildman–Crippen MR) is 97.6 cm³/mol. The molecular formula is C19H27ClN2O3. The number of aliphatic hydroxyl groups excluding tert-OH is 1. The lowest BCUT2D eigenvalue weighted by atomic mass is 9.94. The van der Waals surface area contributed by atoms with Crippen molar-refractivity contribution in [1.82, 2.24) is 10.2 Å². The summed E-state index contributed by atoms with van der Waals surface area (Å²) in [5.74, 6) is -0.0880. The van der Waals surface area contributed by atoms with Gasteiger partial charge in [0.25, 0.3) is 0 Å². The van der Waals surface area contributed by atoms with E-state index >= 15 is 0 Å². The van der Waals surface area contributed by atoms with Crippen LogP contribution in [0.15, 0.2) is 24.3 Å². The standard InChI is InChI=1S/C19H27ClN2O3/c20-15-8-6-14(7-9-15)10-18(24)22-11-17(23)19(25,13-22)12-21-16-4-2-1-3-5-16/h6-9,16-17,21,23,25H,1-5,10-13H2/t17-,19+/m1/s1. The number of carbonyl (C=O) groups excluding carboxylic acids is 1. The number of likely N-dealkylation sites (tertiary alicyclic amines) is 1. The van der Waals surface area contributed by atoms with Crippen molar-refractivity contribution in [3.8, 4) is 0 Å². The van der Waals surface area contributed by atoms with Crippen molar-refractivity contribution in [3.05, 3.63) is 34.9 Å². The fraction of sp³-hybridized carbons (Fsp3) is 0.632. The van der Waals surface area contributed by atoms with Gasteiger partial charge in [0.1, 0.15) is 11.7 Å². The molecule has 1 amide bonds. The molecule has 2 atom stereocenters. The number of β-amino-alcohol motifs (C(OH)–C–C–N with tert-alkyl or cyclic N) is 2. The molecule has 1 aromatic rings. The molecular weight excluding hydrogens is 340 g/mol. The monoisotopic (exact) mass is 366 g/mol. The number of benzene rings is 1. The first kappa shape index (κ1) is 18.6. The van der Waals surface area contributed by atoms with Gasteiger partial charge in [-0.05, 0) is 30.5 Å². The van der Waals surface area contributed by atoms with E-state index in [9.17, 15) is 15.0 Å². The largest absolute Gasteiger partial charge is 0.388 e. The maximum atomic E-state index is 12.5. The minimum absolute atomic E-state index is 0.0880. The molecule has 0 bridgehead atoms. The summed E-state index contributed by atoms with van der Waals surface area (Å²) in [6.45, 7) is 0.666. The number of nitrogens with one attached hydrogen (secondary N) is 1. The van der Waals surface area contributed by atoms with Gasteiger partial charge in [-0.3, -0.25) is 4.79 Å². The quantitative estimate of drug-likeness (QED) is 0.742. The minimum atomic E-state index is -1.27. The number of carbonyl (C=O) groups is 1. The molecule has 2 aliphatic rings.